The molecule has 1 unspecified atom stereocenters. The number of aliphatic imine (C=N–C) groups is 1. The molecule has 0 amide bonds. The number of nitrogens with one attached hydrogen (secondary N) is 1. The second-order valence-electron chi connectivity index (χ2n) is 8.23. The fraction of sp³-hybridized carbons (Fsp3) is 0.462. The number of para-hydroxylation sites is 1. The lowest BCUT2D eigenvalue weighted by Crippen LogP contribution is -2.49. The van der Waals surface area contributed by atoms with Crippen molar-refractivity contribution in [1.29, 1.82) is 0 Å². The first-order valence-electron chi connectivity index (χ1n) is 12.1. The van der Waals surface area contributed by atoms with E-state index in [2.05, 4.69) is 63.6 Å². The average molecular weight is 499 g/mol. The van der Waals surface area contributed by atoms with E-state index in [0.717, 1.165) is 44.2 Å². The first kappa shape index (κ1) is 25.7. The van der Waals surface area contributed by atoms with Crippen molar-refractivity contribution in [2.45, 2.75) is 22.9 Å². The van der Waals surface area contributed by atoms with Gasteiger partial charge in [0.1, 0.15) is 5.84 Å². The Morgan fingerprint density at radius 1 is 1.03 bits per heavy atom. The van der Waals surface area contributed by atoms with Crippen molar-refractivity contribution in [2.24, 2.45) is 4.99 Å². The molecule has 1 saturated heterocycles. The molecular weight excluding hydrogens is 464 g/mol. The molecule has 8 nitrogen and oxygen atoms in total. The van der Waals surface area contributed by atoms with E-state index < -0.39 is 12.2 Å². The summed E-state index contributed by atoms with van der Waals surface area (Å²) in [6.45, 7) is 8.12. The van der Waals surface area contributed by atoms with E-state index in [-0.39, 0.29) is 0 Å². The van der Waals surface area contributed by atoms with Gasteiger partial charge in [0.05, 0.1) is 32.1 Å². The molecule has 0 bridgehead atoms. The van der Waals surface area contributed by atoms with E-state index >= 15 is 0 Å². The minimum atomic E-state index is -0.756. The number of piperazine rings is 1. The monoisotopic (exact) mass is 498 g/mol. The van der Waals surface area contributed by atoms with Crippen LogP contribution in [0, 0.1) is 0 Å². The Bertz CT molecular complexity index is 1010. The molecular formula is C26H34N4O4S. The summed E-state index contributed by atoms with van der Waals surface area (Å²) in [5, 5.41) is 2.80. The summed E-state index contributed by atoms with van der Waals surface area (Å²) in [6.07, 6.45) is -0.756. The molecule has 2 aliphatic rings. The van der Waals surface area contributed by atoms with Crippen LogP contribution in [0.5, 0.6) is 0 Å². The molecule has 2 heterocycles. The standard InChI is InChI=1S/C26H34N4O4S/c1-3-33-26(31)25(27-2)34-19-18-32-17-16-29-12-14-30(15-13-29)24-20-8-4-6-10-22(20)35-23-11-7-5-9-21(23)28-24/h4-11,25,27H,3,12-19H2,1-2H3. The lowest BCUT2D eigenvalue weighted by atomic mass is 10.1. The summed E-state index contributed by atoms with van der Waals surface area (Å²) in [5.41, 5.74) is 2.23. The van der Waals surface area contributed by atoms with Gasteiger partial charge in [-0.25, -0.2) is 9.79 Å². The van der Waals surface area contributed by atoms with E-state index in [1.807, 2.05) is 0 Å². The molecule has 0 aromatic heterocycles. The largest absolute Gasteiger partial charge is 0.463 e. The van der Waals surface area contributed by atoms with Gasteiger partial charge in [-0.05, 0) is 32.2 Å². The van der Waals surface area contributed by atoms with Crippen LogP contribution in [0.15, 0.2) is 63.3 Å². The molecule has 1 atom stereocenters. The number of benzene rings is 2. The van der Waals surface area contributed by atoms with Gasteiger partial charge in [0.2, 0.25) is 6.23 Å². The first-order chi connectivity index (χ1) is 17.2. The quantitative estimate of drug-likeness (QED) is 0.304. The number of hydrogen-bond acceptors (Lipinski definition) is 9. The highest BCUT2D eigenvalue weighted by atomic mass is 32.2. The number of carbonyl (C=O) groups is 1. The highest BCUT2D eigenvalue weighted by Crippen LogP contribution is 2.40. The van der Waals surface area contributed by atoms with Crippen LogP contribution in [-0.4, -0.2) is 94.0 Å². The number of rotatable bonds is 10. The molecule has 9 heteroatoms. The molecule has 0 radical (unpaired) electrons. The van der Waals surface area contributed by atoms with Crippen LogP contribution in [0.1, 0.15) is 12.5 Å². The minimum absolute atomic E-state index is 0.330. The van der Waals surface area contributed by atoms with Gasteiger partial charge in [-0.2, -0.15) is 0 Å². The fourth-order valence-corrected chi connectivity index (χ4v) is 5.12. The van der Waals surface area contributed by atoms with E-state index in [1.54, 1.807) is 25.7 Å². The van der Waals surface area contributed by atoms with Crippen molar-refractivity contribution in [3.63, 3.8) is 0 Å². The number of hydrogen-bond donors (Lipinski definition) is 1. The zero-order chi connectivity index (χ0) is 24.5. The molecule has 1 N–H and O–H groups in total. The van der Waals surface area contributed by atoms with Crippen LogP contribution in [0.4, 0.5) is 5.69 Å². The van der Waals surface area contributed by atoms with Crippen LogP contribution in [0.2, 0.25) is 0 Å². The number of nitrogens with zero attached hydrogens (tertiary/aromatic N) is 3. The summed E-state index contributed by atoms with van der Waals surface area (Å²) in [4.78, 5) is 24.1. The van der Waals surface area contributed by atoms with Crippen molar-refractivity contribution in [1.82, 2.24) is 15.1 Å². The van der Waals surface area contributed by atoms with Gasteiger partial charge in [-0.15, -0.1) is 0 Å². The van der Waals surface area contributed by atoms with Crippen molar-refractivity contribution in [2.75, 3.05) is 66.2 Å². The molecule has 35 heavy (non-hydrogen) atoms. The van der Waals surface area contributed by atoms with Gasteiger partial charge >= 0.3 is 5.97 Å². The number of amidine groups is 1. The van der Waals surface area contributed by atoms with Crippen LogP contribution in [-0.2, 0) is 19.0 Å². The maximum Gasteiger partial charge on any atom is 0.350 e. The topological polar surface area (TPSA) is 75.6 Å². The first-order valence-corrected chi connectivity index (χ1v) is 13.0. The second-order valence-corrected chi connectivity index (χ2v) is 9.32. The third-order valence-corrected chi connectivity index (χ3v) is 7.08. The molecule has 0 aliphatic carbocycles. The van der Waals surface area contributed by atoms with Gasteiger partial charge in [0.15, 0.2) is 0 Å². The van der Waals surface area contributed by atoms with Crippen LogP contribution in [0.3, 0.4) is 0 Å². The molecule has 2 aliphatic heterocycles. The Kier molecular flexibility index (Phi) is 9.56. The number of carbonyl (C=O) groups excluding carboxylic acids is 1. The van der Waals surface area contributed by atoms with Crippen molar-refractivity contribution >= 4 is 29.3 Å². The number of fused-ring (bicyclic) bond motifs is 2. The Morgan fingerprint density at radius 3 is 2.54 bits per heavy atom. The summed E-state index contributed by atoms with van der Waals surface area (Å²) >= 11 is 1.79. The second kappa shape index (κ2) is 13.0. The Morgan fingerprint density at radius 2 is 1.77 bits per heavy atom. The average Bonchev–Trinajstić information content (AvgIpc) is 3.05. The number of ether oxygens (including phenoxy) is 3. The summed E-state index contributed by atoms with van der Waals surface area (Å²) in [6, 6.07) is 16.9. The molecule has 188 valence electrons. The number of esters is 1. The maximum atomic E-state index is 11.7. The maximum absolute atomic E-state index is 11.7. The highest BCUT2D eigenvalue weighted by Gasteiger charge is 2.25. The molecule has 1 fully saturated rings. The van der Waals surface area contributed by atoms with E-state index in [1.165, 1.54) is 15.4 Å². The lowest BCUT2D eigenvalue weighted by Gasteiger charge is -2.36. The zero-order valence-corrected chi connectivity index (χ0v) is 21.3. The lowest BCUT2D eigenvalue weighted by molar-refractivity contribution is -0.159. The van der Waals surface area contributed by atoms with E-state index in [9.17, 15) is 4.79 Å². The SMILES string of the molecule is CCOC(=O)C(NC)OCCOCCN1CCN(C2=Nc3ccccc3Sc3ccccc32)CC1. The zero-order valence-electron chi connectivity index (χ0n) is 20.4. The molecule has 0 saturated carbocycles. The van der Waals surface area contributed by atoms with Gasteiger partial charge in [0.25, 0.3) is 0 Å². The third-order valence-electron chi connectivity index (χ3n) is 5.94. The van der Waals surface area contributed by atoms with Crippen molar-refractivity contribution < 1.29 is 19.0 Å². The van der Waals surface area contributed by atoms with Crippen molar-refractivity contribution in [3.05, 3.63) is 54.1 Å². The predicted molar refractivity (Wildman–Crippen MR) is 137 cm³/mol. The normalized spacial score (nSPS) is 16.6. The van der Waals surface area contributed by atoms with Gasteiger partial charge in [-0.3, -0.25) is 10.2 Å². The van der Waals surface area contributed by atoms with Crippen LogP contribution < -0.4 is 5.32 Å². The van der Waals surface area contributed by atoms with Crippen LogP contribution >= 0.6 is 11.8 Å². The van der Waals surface area contributed by atoms with E-state index in [4.69, 9.17) is 19.2 Å². The predicted octanol–water partition coefficient (Wildman–Crippen LogP) is 2.99. The summed E-state index contributed by atoms with van der Waals surface area (Å²) in [5.74, 6) is 0.655. The fourth-order valence-electron chi connectivity index (χ4n) is 4.10. The molecule has 4 rings (SSSR count). The van der Waals surface area contributed by atoms with E-state index in [0.29, 0.717) is 26.4 Å². The highest BCUT2D eigenvalue weighted by molar-refractivity contribution is 7.99. The summed E-state index contributed by atoms with van der Waals surface area (Å²) < 4.78 is 16.2. The molecule has 2 aromatic carbocycles. The third kappa shape index (κ3) is 6.83. The minimum Gasteiger partial charge on any atom is -0.463 e. The Labute approximate surface area is 211 Å². The van der Waals surface area contributed by atoms with Crippen LogP contribution in [0.25, 0.3) is 0 Å². The molecule has 2 aromatic rings. The van der Waals surface area contributed by atoms with Gasteiger partial charge in [-0.1, -0.05) is 42.1 Å². The number of likely N-dealkylation sites (N-methyl/N-ethyl adjacent to an activating group) is 1. The van der Waals surface area contributed by atoms with Crippen molar-refractivity contribution in [3.8, 4) is 0 Å². The van der Waals surface area contributed by atoms with Gasteiger partial charge < -0.3 is 19.1 Å². The Balaban J connectivity index is 1.23. The summed E-state index contributed by atoms with van der Waals surface area (Å²) in [7, 11) is 1.67. The smallest absolute Gasteiger partial charge is 0.350 e. The molecule has 0 spiro atoms. The Hall–Kier alpha value is -2.43. The van der Waals surface area contributed by atoms with Gasteiger partial charge in [0, 0.05) is 48.1 Å².